The van der Waals surface area contributed by atoms with Crippen LogP contribution in [0.3, 0.4) is 0 Å². The van der Waals surface area contributed by atoms with Crippen molar-refractivity contribution in [2.75, 3.05) is 0 Å². The molecular formula is C8H4I2N2O2S. The Morgan fingerprint density at radius 2 is 2.20 bits per heavy atom. The Kier molecular flexibility index (Phi) is 3.30. The lowest BCUT2D eigenvalue weighted by atomic mass is 10.5. The van der Waals surface area contributed by atoms with Crippen LogP contribution in [0.15, 0.2) is 18.5 Å². The average molecular weight is 446 g/mol. The number of nitrogens with zero attached hydrogens (tertiary/aromatic N) is 2. The van der Waals surface area contributed by atoms with E-state index in [0.717, 1.165) is 12.4 Å². The highest BCUT2D eigenvalue weighted by atomic mass is 127. The summed E-state index contributed by atoms with van der Waals surface area (Å²) in [5.74, 6) is -0.893. The topological polar surface area (TPSA) is 55.1 Å². The Bertz CT molecular complexity index is 520. The van der Waals surface area contributed by atoms with Gasteiger partial charge in [0.1, 0.15) is 23.6 Å². The number of carboxylic acids is 1. The second kappa shape index (κ2) is 4.37. The van der Waals surface area contributed by atoms with Gasteiger partial charge in [0.25, 0.3) is 0 Å². The number of aromatic nitrogens is 2. The van der Waals surface area contributed by atoms with E-state index in [2.05, 4.69) is 50.2 Å². The van der Waals surface area contributed by atoms with E-state index in [4.69, 9.17) is 5.11 Å². The molecule has 0 saturated carbocycles. The molecule has 15 heavy (non-hydrogen) atoms. The van der Waals surface area contributed by atoms with Crippen molar-refractivity contribution in [1.29, 1.82) is 0 Å². The summed E-state index contributed by atoms with van der Waals surface area (Å²) in [5.41, 5.74) is 0. The number of halogens is 2. The zero-order valence-electron chi connectivity index (χ0n) is 7.15. The van der Waals surface area contributed by atoms with Crippen molar-refractivity contribution in [2.45, 2.75) is 0 Å². The van der Waals surface area contributed by atoms with Gasteiger partial charge in [-0.3, -0.25) is 4.57 Å². The van der Waals surface area contributed by atoms with Crippen LogP contribution in [0.4, 0.5) is 0 Å². The highest BCUT2D eigenvalue weighted by Crippen LogP contribution is 2.24. The van der Waals surface area contributed by atoms with E-state index in [1.807, 2.05) is 4.57 Å². The van der Waals surface area contributed by atoms with Gasteiger partial charge in [-0.1, -0.05) is 0 Å². The summed E-state index contributed by atoms with van der Waals surface area (Å²) in [6.07, 6.45) is 1.70. The molecule has 4 nitrogen and oxygen atoms in total. The minimum Gasteiger partial charge on any atom is -0.477 e. The molecule has 78 valence electrons. The van der Waals surface area contributed by atoms with E-state index >= 15 is 0 Å². The van der Waals surface area contributed by atoms with Crippen LogP contribution >= 0.6 is 56.5 Å². The predicted molar refractivity (Wildman–Crippen MR) is 73.8 cm³/mol. The maximum atomic E-state index is 10.7. The molecule has 0 fully saturated rings. The van der Waals surface area contributed by atoms with Gasteiger partial charge in [-0.15, -0.1) is 11.3 Å². The van der Waals surface area contributed by atoms with Crippen molar-refractivity contribution < 1.29 is 9.90 Å². The Hall–Kier alpha value is -0.160. The van der Waals surface area contributed by atoms with Crippen molar-refractivity contribution >= 4 is 62.5 Å². The quantitative estimate of drug-likeness (QED) is 0.723. The summed E-state index contributed by atoms with van der Waals surface area (Å²) in [6.45, 7) is 0. The first kappa shape index (κ1) is 11.3. The van der Waals surface area contributed by atoms with Crippen molar-refractivity contribution in [3.63, 3.8) is 0 Å². The van der Waals surface area contributed by atoms with Crippen molar-refractivity contribution in [1.82, 2.24) is 9.55 Å². The second-order valence-corrected chi connectivity index (χ2v) is 5.75. The molecule has 2 heterocycles. The standard InChI is InChI=1S/C8H4I2N2O2S/c9-6-7(10)12(3-11-6)5-2-1-4(15-5)8(13)14/h1-3H,(H,13,14). The molecule has 0 aliphatic rings. The third-order valence-electron chi connectivity index (χ3n) is 1.71. The van der Waals surface area contributed by atoms with Gasteiger partial charge in [0.15, 0.2) is 0 Å². The minimum absolute atomic E-state index is 0.338. The smallest absolute Gasteiger partial charge is 0.345 e. The molecule has 2 rings (SSSR count). The number of imidazole rings is 1. The summed E-state index contributed by atoms with van der Waals surface area (Å²) >= 11 is 5.56. The Balaban J connectivity index is 2.46. The Morgan fingerprint density at radius 3 is 2.67 bits per heavy atom. The van der Waals surface area contributed by atoms with Crippen LogP contribution < -0.4 is 0 Å². The molecule has 1 N–H and O–H groups in total. The van der Waals surface area contributed by atoms with Crippen molar-refractivity contribution in [2.24, 2.45) is 0 Å². The Labute approximate surface area is 117 Å². The first-order valence-electron chi connectivity index (χ1n) is 3.81. The zero-order valence-corrected chi connectivity index (χ0v) is 12.3. The highest BCUT2D eigenvalue weighted by Gasteiger charge is 2.11. The molecule has 0 atom stereocenters. The molecule has 0 amide bonds. The van der Waals surface area contributed by atoms with Crippen LogP contribution in [0.5, 0.6) is 0 Å². The minimum atomic E-state index is -0.893. The van der Waals surface area contributed by atoms with E-state index in [-0.39, 0.29) is 0 Å². The third-order valence-corrected chi connectivity index (χ3v) is 5.63. The zero-order chi connectivity index (χ0) is 11.0. The fourth-order valence-corrected chi connectivity index (χ4v) is 2.93. The summed E-state index contributed by atoms with van der Waals surface area (Å²) < 4.78 is 3.78. The molecule has 0 spiro atoms. The highest BCUT2D eigenvalue weighted by molar-refractivity contribution is 14.1. The summed E-state index contributed by atoms with van der Waals surface area (Å²) in [4.78, 5) is 15.2. The predicted octanol–water partition coefficient (Wildman–Crippen LogP) is 2.84. The lowest BCUT2D eigenvalue weighted by Crippen LogP contribution is -1.92. The van der Waals surface area contributed by atoms with Crippen molar-refractivity contribution in [3.8, 4) is 5.00 Å². The molecule has 0 unspecified atom stereocenters. The first-order valence-corrected chi connectivity index (χ1v) is 6.79. The lowest BCUT2D eigenvalue weighted by molar-refractivity contribution is 0.0702. The van der Waals surface area contributed by atoms with Gasteiger partial charge < -0.3 is 5.11 Å². The number of hydrogen-bond donors (Lipinski definition) is 1. The van der Waals surface area contributed by atoms with Gasteiger partial charge in [0.05, 0.1) is 0 Å². The van der Waals surface area contributed by atoms with Crippen LogP contribution in [0.2, 0.25) is 0 Å². The van der Waals surface area contributed by atoms with E-state index in [1.165, 1.54) is 11.3 Å². The van der Waals surface area contributed by atoms with Gasteiger partial charge in [-0.05, 0) is 57.3 Å². The normalized spacial score (nSPS) is 10.5. The summed E-state index contributed by atoms with van der Waals surface area (Å²) in [6, 6.07) is 3.39. The van der Waals surface area contributed by atoms with Gasteiger partial charge in [-0.25, -0.2) is 9.78 Å². The molecule has 2 aromatic rings. The van der Waals surface area contributed by atoms with Crippen LogP contribution in [0.1, 0.15) is 9.67 Å². The fourth-order valence-electron chi connectivity index (χ4n) is 1.04. The molecule has 0 aliphatic carbocycles. The molecule has 0 bridgehead atoms. The number of aromatic carboxylic acids is 1. The van der Waals surface area contributed by atoms with Crippen LogP contribution in [-0.4, -0.2) is 20.6 Å². The molecule has 0 radical (unpaired) electrons. The third kappa shape index (κ3) is 2.18. The number of carbonyl (C=O) groups is 1. The lowest BCUT2D eigenvalue weighted by Gasteiger charge is -1.98. The SMILES string of the molecule is O=C(O)c1ccc(-n2cnc(I)c2I)s1. The second-order valence-electron chi connectivity index (χ2n) is 2.64. The van der Waals surface area contributed by atoms with Crippen molar-refractivity contribution in [3.05, 3.63) is 30.7 Å². The van der Waals surface area contributed by atoms with E-state index < -0.39 is 5.97 Å². The first-order chi connectivity index (χ1) is 7.09. The molecule has 7 heteroatoms. The molecule has 0 aromatic carbocycles. The van der Waals surface area contributed by atoms with Crippen LogP contribution in [0, 0.1) is 7.40 Å². The molecular weight excluding hydrogens is 442 g/mol. The number of hydrogen-bond acceptors (Lipinski definition) is 3. The van der Waals surface area contributed by atoms with E-state index in [0.29, 0.717) is 4.88 Å². The maximum absolute atomic E-state index is 10.7. The molecule has 0 aliphatic heterocycles. The molecule has 2 aromatic heterocycles. The molecule has 0 saturated heterocycles. The van der Waals surface area contributed by atoms with E-state index in [1.54, 1.807) is 18.5 Å². The van der Waals surface area contributed by atoms with Crippen LogP contribution in [-0.2, 0) is 0 Å². The summed E-state index contributed by atoms with van der Waals surface area (Å²) in [5, 5.41) is 9.67. The van der Waals surface area contributed by atoms with Gasteiger partial charge >= 0.3 is 5.97 Å². The monoisotopic (exact) mass is 446 g/mol. The number of rotatable bonds is 2. The van der Waals surface area contributed by atoms with Crippen LogP contribution in [0.25, 0.3) is 5.00 Å². The van der Waals surface area contributed by atoms with E-state index in [9.17, 15) is 4.79 Å². The Morgan fingerprint density at radius 1 is 1.47 bits per heavy atom. The number of carboxylic acid groups (broad SMARTS) is 1. The van der Waals surface area contributed by atoms with Gasteiger partial charge in [-0.2, -0.15) is 0 Å². The average Bonchev–Trinajstić information content (AvgIpc) is 2.76. The largest absolute Gasteiger partial charge is 0.477 e. The summed E-state index contributed by atoms with van der Waals surface area (Å²) in [7, 11) is 0. The maximum Gasteiger partial charge on any atom is 0.345 e. The number of thiophene rings is 1. The van der Waals surface area contributed by atoms with Gasteiger partial charge in [0, 0.05) is 0 Å². The fraction of sp³-hybridized carbons (Fsp3) is 0. The van der Waals surface area contributed by atoms with Gasteiger partial charge in [0.2, 0.25) is 0 Å².